The van der Waals surface area contributed by atoms with Crippen LogP contribution in [-0.2, 0) is 14.3 Å². The molecule has 9 heteroatoms. The number of nitrogens with one attached hydrogen (secondary N) is 1. The molecule has 0 radical (unpaired) electrons. The summed E-state index contributed by atoms with van der Waals surface area (Å²) < 4.78 is 11.0. The van der Waals surface area contributed by atoms with E-state index >= 15 is 0 Å². The van der Waals surface area contributed by atoms with Gasteiger partial charge in [0.25, 0.3) is 0 Å². The Labute approximate surface area is 248 Å². The van der Waals surface area contributed by atoms with E-state index in [1.54, 1.807) is 6.08 Å². The predicted molar refractivity (Wildman–Crippen MR) is 161 cm³/mol. The van der Waals surface area contributed by atoms with Gasteiger partial charge >= 0.3 is 0 Å². The molecule has 1 aliphatic heterocycles. The summed E-state index contributed by atoms with van der Waals surface area (Å²) in [4.78, 5) is 12.6. The molecule has 1 aliphatic rings. The molecule has 0 aromatic rings. The smallest absolute Gasteiger partial charge is 0.220 e. The number of unbranched alkanes of at least 4 members (excludes halogenated alkanes) is 15. The number of aliphatic hydroxyl groups is 5. The van der Waals surface area contributed by atoms with Gasteiger partial charge in [0.2, 0.25) is 5.91 Å². The standard InChI is InChI=1S/C32H61NO8/c1-3-5-7-9-10-11-12-13-14-15-16-18-19-21-26(35)25(33-28(36)22-20-17-8-6-4-2)24-40-32-31(39)30(38)29(37)27(23-34)41-32/h19,21,25-27,29-32,34-35,37-39H,3-18,20,22-24H2,1-2H3,(H,33,36)/b21-19+/t25-,26+,27+,29-,30-,31+,32+/m0/s1. The zero-order chi connectivity index (χ0) is 30.3. The van der Waals surface area contributed by atoms with Gasteiger partial charge in [-0.1, -0.05) is 116 Å². The van der Waals surface area contributed by atoms with E-state index in [0.717, 1.165) is 51.4 Å². The van der Waals surface area contributed by atoms with E-state index in [1.165, 1.54) is 57.8 Å². The maximum absolute atomic E-state index is 12.6. The third-order valence-corrected chi connectivity index (χ3v) is 7.86. The maximum atomic E-state index is 12.6. The number of ether oxygens (including phenoxy) is 2. The summed E-state index contributed by atoms with van der Waals surface area (Å²) in [5.41, 5.74) is 0. The third kappa shape index (κ3) is 17.0. The van der Waals surface area contributed by atoms with Gasteiger partial charge in [0.1, 0.15) is 24.4 Å². The molecule has 0 aliphatic carbocycles. The van der Waals surface area contributed by atoms with Crippen LogP contribution in [0.25, 0.3) is 0 Å². The molecule has 1 amide bonds. The second-order valence-corrected chi connectivity index (χ2v) is 11.6. The van der Waals surface area contributed by atoms with Crippen LogP contribution in [0.15, 0.2) is 12.2 Å². The quantitative estimate of drug-likeness (QED) is 0.0685. The van der Waals surface area contributed by atoms with Crippen molar-refractivity contribution in [3.63, 3.8) is 0 Å². The molecule has 9 nitrogen and oxygen atoms in total. The van der Waals surface area contributed by atoms with Gasteiger partial charge in [0.05, 0.1) is 25.4 Å². The molecule has 7 atom stereocenters. The summed E-state index contributed by atoms with van der Waals surface area (Å²) in [6.45, 7) is 3.63. The molecule has 6 N–H and O–H groups in total. The summed E-state index contributed by atoms with van der Waals surface area (Å²) in [7, 11) is 0. The van der Waals surface area contributed by atoms with Gasteiger partial charge < -0.3 is 40.3 Å². The Bertz CT molecular complexity index is 662. The number of aliphatic hydroxyl groups excluding tert-OH is 5. The van der Waals surface area contributed by atoms with Crippen molar-refractivity contribution in [3.05, 3.63) is 12.2 Å². The minimum Gasteiger partial charge on any atom is -0.394 e. The molecule has 0 saturated carbocycles. The van der Waals surface area contributed by atoms with Gasteiger partial charge in [-0.15, -0.1) is 0 Å². The van der Waals surface area contributed by atoms with Crippen LogP contribution in [0.2, 0.25) is 0 Å². The van der Waals surface area contributed by atoms with Crippen LogP contribution in [0.4, 0.5) is 0 Å². The highest BCUT2D eigenvalue weighted by molar-refractivity contribution is 5.76. The van der Waals surface area contributed by atoms with E-state index in [2.05, 4.69) is 19.2 Å². The molecule has 242 valence electrons. The first-order chi connectivity index (χ1) is 19.8. The number of amides is 1. The van der Waals surface area contributed by atoms with Crippen LogP contribution in [0.1, 0.15) is 129 Å². The zero-order valence-electron chi connectivity index (χ0n) is 25.8. The normalized spacial score (nSPS) is 24.5. The highest BCUT2D eigenvalue weighted by Crippen LogP contribution is 2.22. The lowest BCUT2D eigenvalue weighted by molar-refractivity contribution is -0.302. The zero-order valence-corrected chi connectivity index (χ0v) is 25.8. The largest absolute Gasteiger partial charge is 0.394 e. The van der Waals surface area contributed by atoms with Crippen molar-refractivity contribution >= 4 is 5.91 Å². The van der Waals surface area contributed by atoms with Crippen molar-refractivity contribution in [1.82, 2.24) is 5.32 Å². The Morgan fingerprint density at radius 3 is 1.90 bits per heavy atom. The topological polar surface area (TPSA) is 149 Å². The summed E-state index contributed by atoms with van der Waals surface area (Å²) in [6.07, 6.45) is 15.8. The van der Waals surface area contributed by atoms with E-state index in [0.29, 0.717) is 6.42 Å². The number of carbonyl (C=O) groups is 1. The minimum atomic E-state index is -1.56. The minimum absolute atomic E-state index is 0.186. The van der Waals surface area contributed by atoms with Crippen LogP contribution in [-0.4, -0.2) is 87.5 Å². The third-order valence-electron chi connectivity index (χ3n) is 7.86. The first kappa shape index (κ1) is 38.0. The SMILES string of the molecule is CCCCCCCCCCCCC/C=C/[C@@H](O)[C@H](CO[C@@H]1O[C@H](CO)[C@H](O)[C@H](O)[C@H]1O)NC(=O)CCCCCCC. The van der Waals surface area contributed by atoms with E-state index in [1.807, 2.05) is 6.08 Å². The lowest BCUT2D eigenvalue weighted by Crippen LogP contribution is -2.60. The number of rotatable bonds is 25. The predicted octanol–water partition coefficient (Wildman–Crippen LogP) is 4.27. The number of allylic oxidation sites excluding steroid dienone is 1. The average molecular weight is 588 g/mol. The van der Waals surface area contributed by atoms with Gasteiger partial charge in [-0.3, -0.25) is 4.79 Å². The fourth-order valence-electron chi connectivity index (χ4n) is 5.09. The summed E-state index contributed by atoms with van der Waals surface area (Å²) in [6, 6.07) is -0.793. The Morgan fingerprint density at radius 1 is 0.805 bits per heavy atom. The van der Waals surface area contributed by atoms with Crippen molar-refractivity contribution in [2.75, 3.05) is 13.2 Å². The van der Waals surface area contributed by atoms with Gasteiger partial charge in [-0.2, -0.15) is 0 Å². The van der Waals surface area contributed by atoms with E-state index in [4.69, 9.17) is 9.47 Å². The number of carbonyl (C=O) groups excluding carboxylic acids is 1. The highest BCUT2D eigenvalue weighted by atomic mass is 16.7. The lowest BCUT2D eigenvalue weighted by atomic mass is 9.99. The van der Waals surface area contributed by atoms with E-state index < -0.39 is 49.5 Å². The molecular formula is C32H61NO8. The summed E-state index contributed by atoms with van der Waals surface area (Å²) in [5, 5.41) is 53.4. The monoisotopic (exact) mass is 587 g/mol. The van der Waals surface area contributed by atoms with Gasteiger partial charge in [0.15, 0.2) is 6.29 Å². The van der Waals surface area contributed by atoms with Crippen LogP contribution >= 0.6 is 0 Å². The van der Waals surface area contributed by atoms with Crippen molar-refractivity contribution in [2.24, 2.45) is 0 Å². The molecule has 1 rings (SSSR count). The summed E-state index contributed by atoms with van der Waals surface area (Å²) in [5.74, 6) is -0.193. The Kier molecular flexibility index (Phi) is 22.6. The molecule has 1 heterocycles. The molecule has 0 unspecified atom stereocenters. The number of hydrogen-bond acceptors (Lipinski definition) is 8. The van der Waals surface area contributed by atoms with E-state index in [9.17, 15) is 30.3 Å². The molecule has 0 spiro atoms. The fraction of sp³-hybridized carbons (Fsp3) is 0.906. The molecule has 0 bridgehead atoms. The van der Waals surface area contributed by atoms with Crippen LogP contribution in [0, 0.1) is 0 Å². The van der Waals surface area contributed by atoms with Crippen molar-refractivity contribution in [2.45, 2.75) is 172 Å². The first-order valence-corrected chi connectivity index (χ1v) is 16.4. The van der Waals surface area contributed by atoms with Crippen LogP contribution in [0.5, 0.6) is 0 Å². The van der Waals surface area contributed by atoms with Gasteiger partial charge in [-0.25, -0.2) is 0 Å². The molecule has 0 aromatic carbocycles. The van der Waals surface area contributed by atoms with Crippen LogP contribution in [0.3, 0.4) is 0 Å². The van der Waals surface area contributed by atoms with Crippen molar-refractivity contribution in [3.8, 4) is 0 Å². The fourth-order valence-corrected chi connectivity index (χ4v) is 5.09. The highest BCUT2D eigenvalue weighted by Gasteiger charge is 2.44. The maximum Gasteiger partial charge on any atom is 0.220 e. The lowest BCUT2D eigenvalue weighted by Gasteiger charge is -2.40. The Hall–Kier alpha value is -1.07. The van der Waals surface area contributed by atoms with E-state index in [-0.39, 0.29) is 12.5 Å². The molecule has 0 aromatic heterocycles. The molecular weight excluding hydrogens is 526 g/mol. The molecule has 1 fully saturated rings. The Balaban J connectivity index is 2.50. The van der Waals surface area contributed by atoms with Crippen molar-refractivity contribution in [1.29, 1.82) is 0 Å². The van der Waals surface area contributed by atoms with Crippen molar-refractivity contribution < 1.29 is 39.8 Å². The van der Waals surface area contributed by atoms with Gasteiger partial charge in [0, 0.05) is 6.42 Å². The summed E-state index contributed by atoms with van der Waals surface area (Å²) >= 11 is 0. The van der Waals surface area contributed by atoms with Gasteiger partial charge in [-0.05, 0) is 19.3 Å². The Morgan fingerprint density at radius 2 is 1.34 bits per heavy atom. The second-order valence-electron chi connectivity index (χ2n) is 11.6. The second kappa shape index (κ2) is 24.4. The first-order valence-electron chi connectivity index (χ1n) is 16.4. The molecule has 41 heavy (non-hydrogen) atoms. The molecule has 1 saturated heterocycles. The van der Waals surface area contributed by atoms with Crippen LogP contribution < -0.4 is 5.32 Å². The average Bonchev–Trinajstić information content (AvgIpc) is 2.97. The number of hydrogen-bond donors (Lipinski definition) is 6.